The van der Waals surface area contributed by atoms with Crippen molar-refractivity contribution in [1.29, 1.82) is 5.26 Å². The molecule has 0 spiro atoms. The number of anilines is 1. The Hall–Kier alpha value is -3.05. The fourth-order valence-corrected chi connectivity index (χ4v) is 5.11. The van der Waals surface area contributed by atoms with Crippen LogP contribution in [0.15, 0.2) is 45.1 Å². The van der Waals surface area contributed by atoms with Gasteiger partial charge in [-0.2, -0.15) is 5.26 Å². The molecule has 1 unspecified atom stereocenters. The summed E-state index contributed by atoms with van der Waals surface area (Å²) in [6.45, 7) is 5.97. The van der Waals surface area contributed by atoms with Gasteiger partial charge < -0.3 is 16.5 Å². The van der Waals surface area contributed by atoms with Crippen molar-refractivity contribution >= 4 is 34.8 Å². The van der Waals surface area contributed by atoms with Crippen LogP contribution in [-0.2, 0) is 0 Å². The highest BCUT2D eigenvalue weighted by atomic mass is 32.2. The maximum Gasteiger partial charge on any atom is 0.261 e. The van der Waals surface area contributed by atoms with E-state index in [1.807, 2.05) is 19.9 Å². The molecule has 8 heteroatoms. The minimum Gasteiger partial charge on any atom is -0.398 e. The summed E-state index contributed by atoms with van der Waals surface area (Å²) in [4.78, 5) is 31.9. The van der Waals surface area contributed by atoms with Gasteiger partial charge in [-0.05, 0) is 56.9 Å². The third-order valence-corrected chi connectivity index (χ3v) is 7.17. The molecule has 4 rings (SSSR count). The van der Waals surface area contributed by atoms with E-state index >= 15 is 0 Å². The van der Waals surface area contributed by atoms with E-state index in [1.54, 1.807) is 18.2 Å². The summed E-state index contributed by atoms with van der Waals surface area (Å²) >= 11 is 1.53. The molecule has 1 aliphatic heterocycles. The van der Waals surface area contributed by atoms with Gasteiger partial charge in [-0.15, -0.1) is 11.8 Å². The Bertz CT molecular complexity index is 1150. The van der Waals surface area contributed by atoms with Crippen LogP contribution in [0.1, 0.15) is 62.4 Å². The Morgan fingerprint density at radius 1 is 1.25 bits per heavy atom. The van der Waals surface area contributed by atoms with Crippen molar-refractivity contribution < 1.29 is 4.79 Å². The van der Waals surface area contributed by atoms with Gasteiger partial charge >= 0.3 is 0 Å². The van der Waals surface area contributed by atoms with Crippen molar-refractivity contribution in [1.82, 2.24) is 4.98 Å². The SMILES string of the molecule is CC1(C)Sc2ccc(N=C(N)c3c(N)cc[nH]c3=O)cc2C1=O.C[C@H]1CCCCC1C#N. The van der Waals surface area contributed by atoms with Crippen LogP contribution in [0.4, 0.5) is 11.4 Å². The molecule has 0 saturated heterocycles. The third-order valence-electron chi connectivity index (χ3n) is 5.90. The number of H-pyrrole nitrogens is 1. The van der Waals surface area contributed by atoms with Crippen molar-refractivity contribution in [3.63, 3.8) is 0 Å². The second kappa shape index (κ2) is 9.61. The number of hydrogen-bond donors (Lipinski definition) is 3. The number of nitriles is 1. The quantitative estimate of drug-likeness (QED) is 0.457. The second-order valence-electron chi connectivity index (χ2n) is 8.75. The van der Waals surface area contributed by atoms with Crippen molar-refractivity contribution in [3.05, 3.63) is 51.9 Å². The average Bonchev–Trinajstić information content (AvgIpc) is 2.97. The first-order valence-electron chi connectivity index (χ1n) is 10.7. The molecule has 2 atom stereocenters. The van der Waals surface area contributed by atoms with Gasteiger partial charge in [-0.3, -0.25) is 9.59 Å². The van der Waals surface area contributed by atoms with E-state index in [2.05, 4.69) is 23.0 Å². The first-order chi connectivity index (χ1) is 15.1. The fourth-order valence-electron chi connectivity index (χ4n) is 3.96. The summed E-state index contributed by atoms with van der Waals surface area (Å²) in [6.07, 6.45) is 6.44. The molecule has 2 aromatic rings. The number of nitrogens with zero attached hydrogens (tertiary/aromatic N) is 2. The zero-order chi connectivity index (χ0) is 23.5. The molecule has 1 aliphatic carbocycles. The predicted octanol–water partition coefficient (Wildman–Crippen LogP) is 4.40. The molecule has 0 bridgehead atoms. The van der Waals surface area contributed by atoms with Gasteiger partial charge in [-0.25, -0.2) is 4.99 Å². The third kappa shape index (κ3) is 5.05. The molecule has 7 nitrogen and oxygen atoms in total. The number of nitrogens with one attached hydrogen (secondary N) is 1. The molecule has 168 valence electrons. The highest BCUT2D eigenvalue weighted by Crippen LogP contribution is 2.45. The summed E-state index contributed by atoms with van der Waals surface area (Å²) in [5.41, 5.74) is 12.8. The summed E-state index contributed by atoms with van der Waals surface area (Å²) in [6, 6.07) is 9.20. The smallest absolute Gasteiger partial charge is 0.261 e. The summed E-state index contributed by atoms with van der Waals surface area (Å²) in [7, 11) is 0. The summed E-state index contributed by atoms with van der Waals surface area (Å²) in [5.74, 6) is 1.09. The van der Waals surface area contributed by atoms with Crippen molar-refractivity contribution in [3.8, 4) is 6.07 Å². The van der Waals surface area contributed by atoms with E-state index in [4.69, 9.17) is 16.7 Å². The van der Waals surface area contributed by atoms with E-state index in [9.17, 15) is 9.59 Å². The highest BCUT2D eigenvalue weighted by molar-refractivity contribution is 8.02. The summed E-state index contributed by atoms with van der Waals surface area (Å²) < 4.78 is -0.475. The lowest BCUT2D eigenvalue weighted by Gasteiger charge is -2.22. The van der Waals surface area contributed by atoms with Crippen molar-refractivity contribution in [2.75, 3.05) is 5.73 Å². The van der Waals surface area contributed by atoms with Gasteiger partial charge in [0, 0.05) is 28.3 Å². The lowest BCUT2D eigenvalue weighted by atomic mass is 9.81. The van der Waals surface area contributed by atoms with E-state index in [0.29, 0.717) is 23.1 Å². The Morgan fingerprint density at radius 3 is 2.59 bits per heavy atom. The molecule has 32 heavy (non-hydrogen) atoms. The molecule has 1 fully saturated rings. The van der Waals surface area contributed by atoms with E-state index in [0.717, 1.165) is 11.3 Å². The van der Waals surface area contributed by atoms with Gasteiger partial charge in [0.1, 0.15) is 11.4 Å². The number of thioether (sulfide) groups is 1. The van der Waals surface area contributed by atoms with Crippen LogP contribution in [0.5, 0.6) is 0 Å². The number of fused-ring (bicyclic) bond motifs is 1. The van der Waals surface area contributed by atoms with Crippen LogP contribution in [-0.4, -0.2) is 21.3 Å². The molecular weight excluding hydrogens is 422 g/mol. The molecule has 2 heterocycles. The van der Waals surface area contributed by atoms with Gasteiger partial charge in [-0.1, -0.05) is 19.8 Å². The number of hydrogen-bond acceptors (Lipinski definition) is 6. The van der Waals surface area contributed by atoms with E-state index in [-0.39, 0.29) is 22.9 Å². The predicted molar refractivity (Wildman–Crippen MR) is 129 cm³/mol. The second-order valence-corrected chi connectivity index (χ2v) is 10.4. The number of aliphatic imine (C=N–C) groups is 1. The Morgan fingerprint density at radius 2 is 1.97 bits per heavy atom. The number of aromatic amines is 1. The summed E-state index contributed by atoms with van der Waals surface area (Å²) in [5, 5.41) is 8.61. The van der Waals surface area contributed by atoms with Crippen LogP contribution in [0.25, 0.3) is 0 Å². The maximum atomic E-state index is 12.4. The fraction of sp³-hybridized carbons (Fsp3) is 0.417. The van der Waals surface area contributed by atoms with Crippen molar-refractivity contribution in [2.45, 2.75) is 56.1 Å². The minimum atomic E-state index is -0.475. The molecule has 0 amide bonds. The average molecular weight is 452 g/mol. The minimum absolute atomic E-state index is 0.0154. The zero-order valence-corrected chi connectivity index (χ0v) is 19.5. The molecule has 1 aromatic carbocycles. The number of aromatic nitrogens is 1. The zero-order valence-electron chi connectivity index (χ0n) is 18.6. The molecule has 0 radical (unpaired) electrons. The van der Waals surface area contributed by atoms with Crippen LogP contribution in [0.3, 0.4) is 0 Å². The van der Waals surface area contributed by atoms with Crippen molar-refractivity contribution in [2.24, 2.45) is 22.6 Å². The van der Waals surface area contributed by atoms with E-state index in [1.165, 1.54) is 37.2 Å². The van der Waals surface area contributed by atoms with Crippen LogP contribution in [0.2, 0.25) is 0 Å². The molecular formula is C24H29N5O2S. The molecule has 2 aliphatic rings. The van der Waals surface area contributed by atoms with Crippen LogP contribution in [0, 0.1) is 23.2 Å². The lowest BCUT2D eigenvalue weighted by Crippen LogP contribution is -2.25. The van der Waals surface area contributed by atoms with Gasteiger partial charge in [0.15, 0.2) is 5.78 Å². The number of rotatable bonds is 2. The Kier molecular flexibility index (Phi) is 7.09. The van der Waals surface area contributed by atoms with Crippen LogP contribution >= 0.6 is 11.8 Å². The first-order valence-corrected chi connectivity index (χ1v) is 11.5. The van der Waals surface area contributed by atoms with Gasteiger partial charge in [0.05, 0.1) is 16.5 Å². The van der Waals surface area contributed by atoms with Gasteiger partial charge in [0.25, 0.3) is 5.56 Å². The number of amidine groups is 1. The number of nitrogens with two attached hydrogens (primary N) is 2. The number of Topliss-reactive ketones (excluding diaryl/α,β-unsaturated/α-hetero) is 1. The van der Waals surface area contributed by atoms with Gasteiger partial charge in [0.2, 0.25) is 0 Å². The molecule has 1 aromatic heterocycles. The molecule has 1 saturated carbocycles. The molecule has 5 N–H and O–H groups in total. The topological polar surface area (TPSA) is 138 Å². The largest absolute Gasteiger partial charge is 0.398 e. The number of pyridine rings is 1. The Labute approximate surface area is 192 Å². The number of benzene rings is 1. The normalized spacial score (nSPS) is 21.8. The highest BCUT2D eigenvalue weighted by Gasteiger charge is 2.38. The lowest BCUT2D eigenvalue weighted by molar-refractivity contribution is 0.0961. The van der Waals surface area contributed by atoms with E-state index < -0.39 is 10.3 Å². The standard InChI is InChI=1S/C16H16N4O2S.C8H13N/c1-16(2)13(21)9-7-8(3-4-11(9)23-16)20-14(18)12-10(17)5-6-19-15(12)22;1-7-4-2-3-5-8(7)6-9/h3-7H,1-2H3,(H2,18,20)(H3,17,19,22);7-8H,2-5H2,1H3/t;7-,8?/m.0/s1. The monoisotopic (exact) mass is 451 g/mol. The maximum absolute atomic E-state index is 12.4. The first kappa shape index (κ1) is 23.6. The number of carbonyl (C=O) groups excluding carboxylic acids is 1. The number of ketones is 1. The number of nitrogen functional groups attached to an aromatic ring is 1. The van der Waals surface area contributed by atoms with Crippen LogP contribution < -0.4 is 17.0 Å². The Balaban J connectivity index is 0.000000269. The number of carbonyl (C=O) groups is 1.